The minimum Gasteiger partial charge on any atom is -0.459 e. The Labute approximate surface area is 353 Å². The zero-order chi connectivity index (χ0) is 43.9. The number of nitrogens with one attached hydrogen (secondary N) is 2. The van der Waals surface area contributed by atoms with Gasteiger partial charge < -0.3 is 34.0 Å². The van der Waals surface area contributed by atoms with Gasteiger partial charge in [-0.1, -0.05) is 105 Å². The van der Waals surface area contributed by atoms with E-state index in [9.17, 15) is 19.2 Å². The third kappa shape index (κ3) is 29.9. The summed E-state index contributed by atoms with van der Waals surface area (Å²) in [4.78, 5) is 53.0. The first-order chi connectivity index (χ1) is 26.2. The maximum Gasteiger partial charge on any atom is 0.408 e. The number of hydrogen-bond donors (Lipinski definition) is 2. The number of ether oxygens (including phenoxy) is 4. The van der Waals surface area contributed by atoms with E-state index in [1.54, 1.807) is 41.5 Å². The molecule has 0 fully saturated rings. The molecule has 13 heteroatoms. The molecule has 11 nitrogen and oxygen atoms in total. The molecule has 0 saturated heterocycles. The standard InChI is InChI=1S/C44H86N2O9SSi/c1-16-17-18-19-20-21-22-23-24-25-26-27-28-29-37(47)53-34(30-52-57(14,15)44(11,12)13)32-56-33-36(46-40(50)55-43(8,9)10)38(48)45-35(31-51-41(2,3)4)39(49)54-42(5,6)7/h34-36H,16-33H2,1-15H3,(H,45,48)(H,46,50)/t34-,35+,36+/m1/s1. The van der Waals surface area contributed by atoms with E-state index in [-0.39, 0.29) is 30.0 Å². The van der Waals surface area contributed by atoms with Crippen molar-refractivity contribution in [1.82, 2.24) is 10.6 Å². The monoisotopic (exact) mass is 847 g/mol. The van der Waals surface area contributed by atoms with Crippen LogP contribution in [0.1, 0.15) is 180 Å². The van der Waals surface area contributed by atoms with Gasteiger partial charge in [-0.25, -0.2) is 9.59 Å². The van der Waals surface area contributed by atoms with Crippen LogP contribution < -0.4 is 10.6 Å². The largest absolute Gasteiger partial charge is 0.459 e. The average Bonchev–Trinajstić information content (AvgIpc) is 3.04. The fourth-order valence-electron chi connectivity index (χ4n) is 5.26. The number of hydrogen-bond acceptors (Lipinski definition) is 10. The van der Waals surface area contributed by atoms with Gasteiger partial charge in [0.15, 0.2) is 14.4 Å². The van der Waals surface area contributed by atoms with Crippen LogP contribution in [0.4, 0.5) is 4.79 Å². The van der Waals surface area contributed by atoms with Crippen molar-refractivity contribution in [3.05, 3.63) is 0 Å². The van der Waals surface area contributed by atoms with Gasteiger partial charge in [0, 0.05) is 17.9 Å². The first-order valence-corrected chi connectivity index (χ1v) is 25.8. The lowest BCUT2D eigenvalue weighted by molar-refractivity contribution is -0.162. The van der Waals surface area contributed by atoms with Crippen molar-refractivity contribution >= 4 is 44.0 Å². The van der Waals surface area contributed by atoms with Crippen molar-refractivity contribution in [2.24, 2.45) is 0 Å². The Kier molecular flexibility index (Phi) is 26.2. The molecule has 0 radical (unpaired) electrons. The molecule has 2 amide bonds. The van der Waals surface area contributed by atoms with Gasteiger partial charge in [-0.3, -0.25) is 9.59 Å². The molecule has 0 aliphatic heterocycles. The SMILES string of the molecule is CCCCCCCCCCCCCCCC(=O)O[C@H](CO[Si](C)(C)C(C)(C)C)CSC[C@H](NC(=O)OC(C)(C)C)C(=O)N[C@@H](COC(C)(C)C)C(=O)OC(C)(C)C. The van der Waals surface area contributed by atoms with Crippen molar-refractivity contribution in [1.29, 1.82) is 0 Å². The van der Waals surface area contributed by atoms with Gasteiger partial charge in [0.2, 0.25) is 5.91 Å². The Morgan fingerprint density at radius 3 is 1.54 bits per heavy atom. The molecule has 0 unspecified atom stereocenters. The van der Waals surface area contributed by atoms with E-state index >= 15 is 0 Å². The van der Waals surface area contributed by atoms with Crippen LogP contribution in [0.15, 0.2) is 0 Å². The summed E-state index contributed by atoms with van der Waals surface area (Å²) < 4.78 is 29.4. The molecule has 3 atom stereocenters. The highest BCUT2D eigenvalue weighted by Gasteiger charge is 2.38. The first kappa shape index (κ1) is 55.2. The van der Waals surface area contributed by atoms with Crippen LogP contribution in [-0.4, -0.2) is 92.0 Å². The van der Waals surface area contributed by atoms with Gasteiger partial charge >= 0.3 is 18.0 Å². The second kappa shape index (κ2) is 27.1. The molecule has 57 heavy (non-hydrogen) atoms. The number of thioether (sulfide) groups is 1. The third-order valence-corrected chi connectivity index (χ3v) is 15.2. The number of unbranched alkanes of at least 4 members (excludes halogenated alkanes) is 12. The zero-order valence-electron chi connectivity index (χ0n) is 39.0. The number of esters is 2. The highest BCUT2D eigenvalue weighted by atomic mass is 32.2. The van der Waals surface area contributed by atoms with Crippen LogP contribution in [0.2, 0.25) is 18.1 Å². The molecule has 0 heterocycles. The van der Waals surface area contributed by atoms with E-state index < -0.39 is 61.3 Å². The molecule has 0 bridgehead atoms. The van der Waals surface area contributed by atoms with Crippen molar-refractivity contribution in [2.45, 2.75) is 233 Å². The second-order valence-corrected chi connectivity index (χ2v) is 25.8. The number of carbonyl (C=O) groups is 4. The lowest BCUT2D eigenvalue weighted by Crippen LogP contribution is -2.55. The lowest BCUT2D eigenvalue weighted by atomic mass is 10.0. The summed E-state index contributed by atoms with van der Waals surface area (Å²) in [6.45, 7) is 29.1. The maximum atomic E-state index is 13.8. The third-order valence-electron chi connectivity index (χ3n) is 9.51. The first-order valence-electron chi connectivity index (χ1n) is 21.7. The van der Waals surface area contributed by atoms with Crippen LogP contribution in [0.5, 0.6) is 0 Å². The molecule has 2 N–H and O–H groups in total. The average molecular weight is 847 g/mol. The topological polar surface area (TPSA) is 138 Å². The van der Waals surface area contributed by atoms with Crippen molar-refractivity contribution in [3.63, 3.8) is 0 Å². The van der Waals surface area contributed by atoms with Crippen molar-refractivity contribution in [2.75, 3.05) is 24.7 Å². The minimum atomic E-state index is -2.16. The molecule has 0 saturated carbocycles. The Hall–Kier alpha value is -1.83. The summed E-state index contributed by atoms with van der Waals surface area (Å²) in [6, 6.07) is -2.21. The van der Waals surface area contributed by atoms with Crippen LogP contribution in [0, 0.1) is 0 Å². The Morgan fingerprint density at radius 2 is 1.09 bits per heavy atom. The fourth-order valence-corrected chi connectivity index (χ4v) is 7.33. The van der Waals surface area contributed by atoms with Crippen molar-refractivity contribution < 1.29 is 42.6 Å². The number of alkyl carbamates (subject to hydrolysis) is 1. The number of amides is 2. The molecule has 0 aliphatic rings. The highest BCUT2D eigenvalue weighted by molar-refractivity contribution is 7.99. The van der Waals surface area contributed by atoms with Crippen LogP contribution in [-0.2, 0) is 37.8 Å². The summed E-state index contributed by atoms with van der Waals surface area (Å²) in [7, 11) is -2.16. The van der Waals surface area contributed by atoms with Gasteiger partial charge in [-0.2, -0.15) is 11.8 Å². The minimum absolute atomic E-state index is 0.0365. The van der Waals surface area contributed by atoms with Crippen LogP contribution in [0.3, 0.4) is 0 Å². The quantitative estimate of drug-likeness (QED) is 0.0339. The molecular weight excluding hydrogens is 761 g/mol. The van der Waals surface area contributed by atoms with Gasteiger partial charge in [-0.15, -0.1) is 0 Å². The van der Waals surface area contributed by atoms with E-state index in [0.717, 1.165) is 19.3 Å². The summed E-state index contributed by atoms with van der Waals surface area (Å²) in [6.07, 6.45) is 15.0. The molecule has 0 aromatic heterocycles. The van der Waals surface area contributed by atoms with Gasteiger partial charge in [0.25, 0.3) is 0 Å². The Morgan fingerprint density at radius 1 is 0.596 bits per heavy atom. The summed E-state index contributed by atoms with van der Waals surface area (Å²) in [5.41, 5.74) is -2.18. The zero-order valence-corrected chi connectivity index (χ0v) is 40.9. The van der Waals surface area contributed by atoms with E-state index in [1.165, 1.54) is 76.0 Å². The van der Waals surface area contributed by atoms with E-state index in [0.29, 0.717) is 12.2 Å². The lowest BCUT2D eigenvalue weighted by Gasteiger charge is -2.37. The van der Waals surface area contributed by atoms with Crippen LogP contribution in [0.25, 0.3) is 0 Å². The Bertz CT molecular complexity index is 1160. The molecule has 0 aliphatic carbocycles. The van der Waals surface area contributed by atoms with Gasteiger partial charge in [-0.05, 0) is 86.9 Å². The van der Waals surface area contributed by atoms with E-state index in [2.05, 4.69) is 51.4 Å². The smallest absolute Gasteiger partial charge is 0.408 e. The molecular formula is C44H86N2O9SSi. The van der Waals surface area contributed by atoms with Crippen LogP contribution >= 0.6 is 11.8 Å². The van der Waals surface area contributed by atoms with Crippen molar-refractivity contribution in [3.8, 4) is 0 Å². The van der Waals surface area contributed by atoms with E-state index in [1.807, 2.05) is 20.8 Å². The molecule has 0 aromatic carbocycles. The molecule has 0 rings (SSSR count). The summed E-state index contributed by atoms with van der Waals surface area (Å²) in [5, 5.41) is 5.39. The molecule has 0 aromatic rings. The second-order valence-electron chi connectivity index (χ2n) is 19.9. The van der Waals surface area contributed by atoms with Gasteiger partial charge in [0.1, 0.15) is 23.3 Å². The normalized spacial score (nSPS) is 14.4. The van der Waals surface area contributed by atoms with Gasteiger partial charge in [0.05, 0.1) is 18.8 Å². The molecule has 336 valence electrons. The maximum absolute atomic E-state index is 13.8. The van der Waals surface area contributed by atoms with E-state index in [4.69, 9.17) is 23.4 Å². The number of carbonyl (C=O) groups excluding carboxylic acids is 4. The molecule has 0 spiro atoms. The predicted molar refractivity (Wildman–Crippen MR) is 237 cm³/mol. The summed E-state index contributed by atoms with van der Waals surface area (Å²) >= 11 is 1.35. The number of rotatable bonds is 28. The fraction of sp³-hybridized carbons (Fsp3) is 0.909. The Balaban J connectivity index is 5.62. The predicted octanol–water partition coefficient (Wildman–Crippen LogP) is 10.7. The summed E-state index contributed by atoms with van der Waals surface area (Å²) in [5.74, 6) is -1.07. The highest BCUT2D eigenvalue weighted by Crippen LogP contribution is 2.36.